The molecule has 1 saturated heterocycles. The molecule has 0 saturated carbocycles. The van der Waals surface area contributed by atoms with Crippen molar-refractivity contribution >= 4 is 23.5 Å². The van der Waals surface area contributed by atoms with Gasteiger partial charge in [0.15, 0.2) is 0 Å². The van der Waals surface area contributed by atoms with Crippen molar-refractivity contribution in [3.8, 4) is 0 Å². The molecular weight excluding hydrogens is 320 g/mol. The lowest BCUT2D eigenvalue weighted by Gasteiger charge is -2.24. The van der Waals surface area contributed by atoms with E-state index in [1.807, 2.05) is 28.8 Å². The fourth-order valence-electron chi connectivity index (χ4n) is 3.05. The zero-order valence-corrected chi connectivity index (χ0v) is 14.4. The lowest BCUT2D eigenvalue weighted by atomic mass is 10.2. The summed E-state index contributed by atoms with van der Waals surface area (Å²) in [5, 5.41) is 4.20. The lowest BCUT2D eigenvalue weighted by Crippen LogP contribution is -2.36. The second-order valence-corrected chi connectivity index (χ2v) is 6.27. The highest BCUT2D eigenvalue weighted by atomic mass is 16.2. The summed E-state index contributed by atoms with van der Waals surface area (Å²) in [5.74, 6) is 1.38. The molecule has 0 bridgehead atoms. The quantitative estimate of drug-likeness (QED) is 0.830. The van der Waals surface area contributed by atoms with E-state index in [1.54, 1.807) is 12.3 Å². The van der Waals surface area contributed by atoms with Crippen LogP contribution in [0.3, 0.4) is 0 Å². The van der Waals surface area contributed by atoms with Crippen molar-refractivity contribution in [1.29, 1.82) is 0 Å². The summed E-state index contributed by atoms with van der Waals surface area (Å²) in [6, 6.07) is 3.63. The lowest BCUT2D eigenvalue weighted by molar-refractivity contribution is -0.131. The molecule has 1 amide bonds. The minimum Gasteiger partial charge on any atom is -0.383 e. The van der Waals surface area contributed by atoms with Gasteiger partial charge >= 0.3 is 0 Å². The minimum atomic E-state index is 0.0447. The summed E-state index contributed by atoms with van der Waals surface area (Å²) < 4.78 is 1.81. The van der Waals surface area contributed by atoms with Crippen LogP contribution in [-0.2, 0) is 4.79 Å². The van der Waals surface area contributed by atoms with E-state index in [1.165, 1.54) is 0 Å². The monoisotopic (exact) mass is 344 g/mol. The number of rotatable bonds is 4. The maximum Gasteiger partial charge on any atom is 0.224 e. The van der Waals surface area contributed by atoms with Crippen LogP contribution in [0.4, 0.5) is 17.6 Å². The zero-order chi connectivity index (χ0) is 17.8. The number of aromatic nitrogens is 4. The van der Waals surface area contributed by atoms with Gasteiger partial charge < -0.3 is 21.3 Å². The predicted octanol–water partition coefficient (Wildman–Crippen LogP) is 0.528. The molecule has 0 radical (unpaired) electrons. The van der Waals surface area contributed by atoms with Gasteiger partial charge in [-0.2, -0.15) is 15.1 Å². The van der Waals surface area contributed by atoms with Crippen LogP contribution in [0.2, 0.25) is 0 Å². The first-order valence-corrected chi connectivity index (χ1v) is 8.45. The molecular formula is C16H24N8O. The maximum absolute atomic E-state index is 12.6. The molecule has 1 unspecified atom stereocenters. The van der Waals surface area contributed by atoms with Crippen molar-refractivity contribution in [2.45, 2.75) is 25.8 Å². The Hall–Kier alpha value is -2.84. The van der Waals surface area contributed by atoms with Crippen molar-refractivity contribution in [3.63, 3.8) is 0 Å². The van der Waals surface area contributed by atoms with E-state index in [0.29, 0.717) is 31.1 Å². The summed E-state index contributed by atoms with van der Waals surface area (Å²) in [6.45, 7) is 4.87. The van der Waals surface area contributed by atoms with Gasteiger partial charge in [0.05, 0.1) is 6.04 Å². The fourth-order valence-corrected chi connectivity index (χ4v) is 3.05. The van der Waals surface area contributed by atoms with Crippen LogP contribution in [0.25, 0.3) is 0 Å². The first-order valence-electron chi connectivity index (χ1n) is 8.45. The number of nitrogens with two attached hydrogens (primary N) is 2. The van der Waals surface area contributed by atoms with E-state index in [9.17, 15) is 4.79 Å². The molecule has 1 aliphatic heterocycles. The molecule has 2 aromatic heterocycles. The molecule has 3 heterocycles. The summed E-state index contributed by atoms with van der Waals surface area (Å²) >= 11 is 0. The summed E-state index contributed by atoms with van der Waals surface area (Å²) in [5.41, 5.74) is 11.4. The molecule has 0 spiro atoms. The Kier molecular flexibility index (Phi) is 5.01. The average Bonchev–Trinajstić information content (AvgIpc) is 2.98. The van der Waals surface area contributed by atoms with Crippen LogP contribution in [0.1, 0.15) is 25.8 Å². The van der Waals surface area contributed by atoms with Gasteiger partial charge in [0.2, 0.25) is 11.9 Å². The zero-order valence-electron chi connectivity index (χ0n) is 14.4. The molecule has 3 rings (SSSR count). The van der Waals surface area contributed by atoms with Gasteiger partial charge in [-0.05, 0) is 19.4 Å². The largest absolute Gasteiger partial charge is 0.383 e. The molecule has 25 heavy (non-hydrogen) atoms. The van der Waals surface area contributed by atoms with Crippen LogP contribution in [0, 0.1) is 0 Å². The highest BCUT2D eigenvalue weighted by Gasteiger charge is 2.22. The highest BCUT2D eigenvalue weighted by Crippen LogP contribution is 2.18. The normalized spacial score (nSPS) is 16.5. The molecule has 9 heteroatoms. The molecule has 1 fully saturated rings. The Balaban J connectivity index is 1.60. The molecule has 9 nitrogen and oxygen atoms in total. The molecule has 0 aromatic carbocycles. The summed E-state index contributed by atoms with van der Waals surface area (Å²) in [7, 11) is 0. The van der Waals surface area contributed by atoms with Gasteiger partial charge in [-0.25, -0.2) is 0 Å². The second-order valence-electron chi connectivity index (χ2n) is 6.27. The van der Waals surface area contributed by atoms with Gasteiger partial charge in [-0.3, -0.25) is 9.48 Å². The number of nitrogen functional groups attached to an aromatic ring is 2. The maximum atomic E-state index is 12.6. The van der Waals surface area contributed by atoms with Crippen LogP contribution in [-0.4, -0.2) is 56.7 Å². The topological polar surface area (TPSA) is 119 Å². The van der Waals surface area contributed by atoms with E-state index in [4.69, 9.17) is 11.5 Å². The van der Waals surface area contributed by atoms with E-state index < -0.39 is 0 Å². The Morgan fingerprint density at radius 1 is 1.24 bits per heavy atom. The molecule has 134 valence electrons. The van der Waals surface area contributed by atoms with E-state index in [2.05, 4.69) is 20.0 Å². The predicted molar refractivity (Wildman–Crippen MR) is 95.8 cm³/mol. The standard InChI is InChI=1S/C16H24N8O/c1-12(24-7-2-4-19-24)10-15(25)23-6-3-5-22(8-9-23)14-11-13(17)20-16(18)21-14/h2,4,7,11-12H,3,5-6,8-10H2,1H3,(H4,17,18,20,21). The molecule has 4 N–H and O–H groups in total. The minimum absolute atomic E-state index is 0.0447. The third-order valence-corrected chi connectivity index (χ3v) is 4.37. The number of hydrogen-bond acceptors (Lipinski definition) is 7. The Morgan fingerprint density at radius 2 is 2.08 bits per heavy atom. The van der Waals surface area contributed by atoms with Crippen molar-refractivity contribution in [3.05, 3.63) is 24.5 Å². The summed E-state index contributed by atoms with van der Waals surface area (Å²) in [6.07, 6.45) is 4.91. The Morgan fingerprint density at radius 3 is 2.80 bits per heavy atom. The second kappa shape index (κ2) is 7.37. The van der Waals surface area contributed by atoms with Crippen molar-refractivity contribution in [1.82, 2.24) is 24.6 Å². The third-order valence-electron chi connectivity index (χ3n) is 4.37. The number of nitrogens with zero attached hydrogens (tertiary/aromatic N) is 6. The summed E-state index contributed by atoms with van der Waals surface area (Å²) in [4.78, 5) is 24.8. The van der Waals surface area contributed by atoms with Gasteiger partial charge in [0.25, 0.3) is 0 Å². The Labute approximate surface area is 146 Å². The fraction of sp³-hybridized carbons (Fsp3) is 0.500. The molecule has 2 aromatic rings. The SMILES string of the molecule is CC(CC(=O)N1CCCN(c2cc(N)nc(N)n2)CC1)n1cccn1. The van der Waals surface area contributed by atoms with Gasteiger partial charge in [0, 0.05) is 51.1 Å². The molecule has 1 atom stereocenters. The number of carbonyl (C=O) groups is 1. The van der Waals surface area contributed by atoms with Gasteiger partial charge in [-0.1, -0.05) is 0 Å². The van der Waals surface area contributed by atoms with Crippen LogP contribution >= 0.6 is 0 Å². The van der Waals surface area contributed by atoms with E-state index in [0.717, 1.165) is 19.5 Å². The van der Waals surface area contributed by atoms with Crippen molar-refractivity contribution < 1.29 is 4.79 Å². The van der Waals surface area contributed by atoms with Crippen LogP contribution < -0.4 is 16.4 Å². The van der Waals surface area contributed by atoms with Gasteiger partial charge in [0.1, 0.15) is 11.6 Å². The average molecular weight is 344 g/mol. The molecule has 1 aliphatic rings. The smallest absolute Gasteiger partial charge is 0.224 e. The highest BCUT2D eigenvalue weighted by molar-refractivity contribution is 5.76. The number of hydrogen-bond donors (Lipinski definition) is 2. The van der Waals surface area contributed by atoms with Gasteiger partial charge in [-0.15, -0.1) is 0 Å². The van der Waals surface area contributed by atoms with E-state index in [-0.39, 0.29) is 17.9 Å². The van der Waals surface area contributed by atoms with Crippen molar-refractivity contribution in [2.24, 2.45) is 0 Å². The number of amides is 1. The third kappa shape index (κ3) is 4.17. The first-order chi connectivity index (χ1) is 12.0. The Bertz CT molecular complexity index is 697. The number of anilines is 3. The molecule has 0 aliphatic carbocycles. The van der Waals surface area contributed by atoms with Crippen LogP contribution in [0.15, 0.2) is 24.5 Å². The van der Waals surface area contributed by atoms with Crippen molar-refractivity contribution in [2.75, 3.05) is 42.5 Å². The first kappa shape index (κ1) is 17.0. The van der Waals surface area contributed by atoms with Crippen LogP contribution in [0.5, 0.6) is 0 Å². The van der Waals surface area contributed by atoms with E-state index >= 15 is 0 Å². The number of carbonyl (C=O) groups excluding carboxylic acids is 1.